The molecule has 0 bridgehead atoms. The monoisotopic (exact) mass is 291 g/mol. The molecular formula is C8H6ClN3O3S2. The van der Waals surface area contributed by atoms with Crippen LogP contribution < -0.4 is 5.32 Å². The molecule has 2 aromatic rings. The molecule has 0 saturated carbocycles. The van der Waals surface area contributed by atoms with E-state index in [9.17, 15) is 14.9 Å². The third-order valence-corrected chi connectivity index (χ3v) is 3.37. The Labute approximate surface area is 110 Å². The van der Waals surface area contributed by atoms with Gasteiger partial charge in [-0.1, -0.05) is 6.07 Å². The molecule has 0 radical (unpaired) electrons. The Hall–Kier alpha value is -1.51. The molecule has 0 aliphatic heterocycles. The van der Waals surface area contributed by atoms with E-state index in [2.05, 4.69) is 10.3 Å². The normalized spacial score (nSPS) is 9.41. The fourth-order valence-electron chi connectivity index (χ4n) is 0.974. The van der Waals surface area contributed by atoms with Crippen LogP contribution in [0.25, 0.3) is 0 Å². The van der Waals surface area contributed by atoms with E-state index in [1.54, 1.807) is 17.5 Å². The molecule has 0 aliphatic carbocycles. The lowest BCUT2D eigenvalue weighted by atomic mass is 10.4. The summed E-state index contributed by atoms with van der Waals surface area (Å²) in [5.74, 6) is -0.306. The van der Waals surface area contributed by atoms with E-state index in [0.717, 1.165) is 17.5 Å². The zero-order valence-corrected chi connectivity index (χ0v) is 10.6. The maximum Gasteiger partial charge on any atom is 0.345 e. The summed E-state index contributed by atoms with van der Waals surface area (Å²) in [6.45, 7) is 0. The van der Waals surface area contributed by atoms with Crippen LogP contribution in [0, 0.1) is 10.1 Å². The van der Waals surface area contributed by atoms with Crippen LogP contribution in [0.3, 0.4) is 0 Å². The van der Waals surface area contributed by atoms with Gasteiger partial charge in [0.2, 0.25) is 0 Å². The average molecular weight is 292 g/mol. The van der Waals surface area contributed by atoms with Crippen molar-refractivity contribution in [2.45, 2.75) is 0 Å². The molecule has 2 aromatic heterocycles. The van der Waals surface area contributed by atoms with E-state index < -0.39 is 4.92 Å². The van der Waals surface area contributed by atoms with Crippen molar-refractivity contribution in [3.05, 3.63) is 38.7 Å². The van der Waals surface area contributed by atoms with Crippen molar-refractivity contribution in [2.75, 3.05) is 5.32 Å². The smallest absolute Gasteiger partial charge is 0.297 e. The first-order chi connectivity index (χ1) is 7.66. The summed E-state index contributed by atoms with van der Waals surface area (Å²) in [7, 11) is 0. The zero-order chi connectivity index (χ0) is 11.5. The SMILES string of the molecule is Cl.O=C(Nc1ncc([N+](=O)[O-])s1)c1cccs1. The highest BCUT2D eigenvalue weighted by atomic mass is 35.5. The second kappa shape index (κ2) is 5.71. The summed E-state index contributed by atoms with van der Waals surface area (Å²) in [5, 5.41) is 14.8. The molecule has 0 aromatic carbocycles. The van der Waals surface area contributed by atoms with Crippen molar-refractivity contribution < 1.29 is 9.72 Å². The summed E-state index contributed by atoms with van der Waals surface area (Å²) in [4.78, 5) is 25.7. The van der Waals surface area contributed by atoms with Gasteiger partial charge in [-0.15, -0.1) is 23.7 Å². The number of rotatable bonds is 3. The lowest BCUT2D eigenvalue weighted by Crippen LogP contribution is -2.09. The second-order valence-electron chi connectivity index (χ2n) is 2.69. The van der Waals surface area contributed by atoms with Gasteiger partial charge in [-0.2, -0.15) is 0 Å². The highest BCUT2D eigenvalue weighted by molar-refractivity contribution is 7.19. The minimum absolute atomic E-state index is 0. The number of thiophene rings is 1. The Kier molecular flexibility index (Phi) is 4.55. The molecular weight excluding hydrogens is 286 g/mol. The summed E-state index contributed by atoms with van der Waals surface area (Å²) in [6.07, 6.45) is 1.12. The van der Waals surface area contributed by atoms with Crippen molar-refractivity contribution in [2.24, 2.45) is 0 Å². The van der Waals surface area contributed by atoms with Gasteiger partial charge >= 0.3 is 5.00 Å². The maximum atomic E-state index is 11.6. The fraction of sp³-hybridized carbons (Fsp3) is 0. The molecule has 0 spiro atoms. The van der Waals surface area contributed by atoms with Gasteiger partial charge in [0.25, 0.3) is 5.91 Å². The van der Waals surface area contributed by atoms with Gasteiger partial charge in [-0.05, 0) is 22.8 Å². The van der Waals surface area contributed by atoms with Crippen LogP contribution in [0.2, 0.25) is 0 Å². The van der Waals surface area contributed by atoms with E-state index in [0.29, 0.717) is 4.88 Å². The molecule has 0 atom stereocenters. The van der Waals surface area contributed by atoms with E-state index in [4.69, 9.17) is 0 Å². The minimum Gasteiger partial charge on any atom is -0.297 e. The number of nitrogens with zero attached hydrogens (tertiary/aromatic N) is 2. The number of amides is 1. The second-order valence-corrected chi connectivity index (χ2v) is 4.65. The van der Waals surface area contributed by atoms with Crippen LogP contribution in [0.5, 0.6) is 0 Å². The van der Waals surface area contributed by atoms with Crippen molar-refractivity contribution >= 4 is 51.1 Å². The number of carbonyl (C=O) groups is 1. The van der Waals surface area contributed by atoms with Gasteiger partial charge in [0.15, 0.2) is 5.13 Å². The molecule has 9 heteroatoms. The lowest BCUT2D eigenvalue weighted by molar-refractivity contribution is -0.380. The molecule has 1 N–H and O–H groups in total. The number of thiazole rings is 1. The molecule has 2 heterocycles. The molecule has 2 rings (SSSR count). The Morgan fingerprint density at radius 2 is 2.29 bits per heavy atom. The van der Waals surface area contributed by atoms with Gasteiger partial charge in [0.05, 0.1) is 9.80 Å². The number of nitro groups is 1. The first kappa shape index (κ1) is 13.6. The van der Waals surface area contributed by atoms with Gasteiger partial charge in [0.1, 0.15) is 6.20 Å². The molecule has 0 fully saturated rings. The first-order valence-corrected chi connectivity index (χ1v) is 5.81. The van der Waals surface area contributed by atoms with Crippen molar-refractivity contribution in [3.8, 4) is 0 Å². The van der Waals surface area contributed by atoms with Gasteiger partial charge in [-0.3, -0.25) is 20.2 Å². The highest BCUT2D eigenvalue weighted by Gasteiger charge is 2.14. The van der Waals surface area contributed by atoms with Crippen LogP contribution in [-0.2, 0) is 0 Å². The predicted octanol–water partition coefficient (Wildman–Crippen LogP) is 2.79. The number of hydrogen-bond donors (Lipinski definition) is 1. The van der Waals surface area contributed by atoms with Crippen LogP contribution in [-0.4, -0.2) is 15.8 Å². The Bertz CT molecular complexity index is 526. The maximum absolute atomic E-state index is 11.6. The number of aromatic nitrogens is 1. The molecule has 6 nitrogen and oxygen atoms in total. The number of carbonyl (C=O) groups excluding carboxylic acids is 1. The number of anilines is 1. The van der Waals surface area contributed by atoms with Crippen molar-refractivity contribution in [3.63, 3.8) is 0 Å². The van der Waals surface area contributed by atoms with Gasteiger partial charge < -0.3 is 0 Å². The van der Waals surface area contributed by atoms with Crippen molar-refractivity contribution in [1.82, 2.24) is 4.98 Å². The lowest BCUT2D eigenvalue weighted by Gasteiger charge is -1.96. The quantitative estimate of drug-likeness (QED) is 0.696. The van der Waals surface area contributed by atoms with Crippen LogP contribution in [0.1, 0.15) is 9.67 Å². The number of hydrogen-bond acceptors (Lipinski definition) is 6. The predicted molar refractivity (Wildman–Crippen MR) is 68.3 cm³/mol. The van der Waals surface area contributed by atoms with Crippen LogP contribution in [0.4, 0.5) is 10.1 Å². The Morgan fingerprint density at radius 1 is 1.53 bits per heavy atom. The van der Waals surface area contributed by atoms with Crippen LogP contribution in [0.15, 0.2) is 23.7 Å². The fourth-order valence-corrected chi connectivity index (χ4v) is 2.22. The largest absolute Gasteiger partial charge is 0.345 e. The summed E-state index contributed by atoms with van der Waals surface area (Å²) < 4.78 is 0. The third kappa shape index (κ3) is 3.22. The standard InChI is InChI=1S/C8H5N3O3S2.ClH/c12-7(5-2-1-3-15-5)10-8-9-4-6(16-8)11(13)14;/h1-4H,(H,9,10,12);1H. The molecule has 90 valence electrons. The summed E-state index contributed by atoms with van der Waals surface area (Å²) in [5.41, 5.74) is 0. The number of nitrogens with one attached hydrogen (secondary N) is 1. The van der Waals surface area contributed by atoms with Gasteiger partial charge in [-0.25, -0.2) is 4.98 Å². The topological polar surface area (TPSA) is 85.1 Å². The molecule has 1 amide bonds. The molecule has 17 heavy (non-hydrogen) atoms. The van der Waals surface area contributed by atoms with Crippen molar-refractivity contribution in [1.29, 1.82) is 0 Å². The Balaban J connectivity index is 0.00000144. The summed E-state index contributed by atoms with van der Waals surface area (Å²) >= 11 is 2.12. The highest BCUT2D eigenvalue weighted by Crippen LogP contribution is 2.25. The van der Waals surface area contributed by atoms with E-state index in [1.807, 2.05) is 0 Å². The summed E-state index contributed by atoms with van der Waals surface area (Å²) in [6, 6.07) is 3.42. The number of halogens is 1. The van der Waals surface area contributed by atoms with E-state index in [1.165, 1.54) is 11.3 Å². The Morgan fingerprint density at radius 3 is 2.82 bits per heavy atom. The van der Waals surface area contributed by atoms with Gasteiger partial charge in [0, 0.05) is 0 Å². The zero-order valence-electron chi connectivity index (χ0n) is 8.15. The average Bonchev–Trinajstić information content (AvgIpc) is 2.87. The molecule has 0 aliphatic rings. The molecule has 0 unspecified atom stereocenters. The third-order valence-electron chi connectivity index (χ3n) is 1.64. The minimum atomic E-state index is -0.543. The van der Waals surface area contributed by atoms with E-state index in [-0.39, 0.29) is 28.4 Å². The molecule has 0 saturated heterocycles. The van der Waals surface area contributed by atoms with Crippen LogP contribution >= 0.6 is 35.1 Å². The van der Waals surface area contributed by atoms with E-state index >= 15 is 0 Å². The first-order valence-electron chi connectivity index (χ1n) is 4.12.